The van der Waals surface area contributed by atoms with Crippen LogP contribution < -0.4 is 9.47 Å². The van der Waals surface area contributed by atoms with Gasteiger partial charge in [-0.25, -0.2) is 8.78 Å². The van der Waals surface area contributed by atoms with E-state index in [1.165, 1.54) is 12.1 Å². The SMILES string of the molecule is COc1ccc(Cn2c(C)c(C)c3nccc(OCc4cc(F)cc(F)c4)c32)cc1.Cl. The van der Waals surface area contributed by atoms with E-state index in [0.29, 0.717) is 17.9 Å². The van der Waals surface area contributed by atoms with Gasteiger partial charge >= 0.3 is 0 Å². The molecule has 4 aromatic rings. The molecule has 0 bridgehead atoms. The van der Waals surface area contributed by atoms with Crippen molar-refractivity contribution in [2.75, 3.05) is 7.11 Å². The molecule has 2 aromatic carbocycles. The molecule has 2 heterocycles. The largest absolute Gasteiger partial charge is 0.497 e. The van der Waals surface area contributed by atoms with Gasteiger partial charge in [0, 0.05) is 30.6 Å². The Hall–Kier alpha value is -3.12. The van der Waals surface area contributed by atoms with Crippen LogP contribution in [0.1, 0.15) is 22.4 Å². The van der Waals surface area contributed by atoms with Gasteiger partial charge in [-0.05, 0) is 54.8 Å². The number of nitrogens with zero attached hydrogens (tertiary/aromatic N) is 2. The summed E-state index contributed by atoms with van der Waals surface area (Å²) in [6.07, 6.45) is 1.69. The fraction of sp³-hybridized carbons (Fsp3) is 0.208. The maximum Gasteiger partial charge on any atom is 0.147 e. The van der Waals surface area contributed by atoms with Gasteiger partial charge in [-0.2, -0.15) is 0 Å². The van der Waals surface area contributed by atoms with E-state index in [4.69, 9.17) is 9.47 Å². The third kappa shape index (κ3) is 4.64. The zero-order valence-corrected chi connectivity index (χ0v) is 18.3. The lowest BCUT2D eigenvalue weighted by Crippen LogP contribution is -2.04. The summed E-state index contributed by atoms with van der Waals surface area (Å²) in [6, 6.07) is 13.1. The van der Waals surface area contributed by atoms with Crippen molar-refractivity contribution in [3.05, 3.63) is 88.7 Å². The summed E-state index contributed by atoms with van der Waals surface area (Å²) in [5.41, 5.74) is 5.41. The number of hydrogen-bond acceptors (Lipinski definition) is 3. The van der Waals surface area contributed by atoms with Crippen molar-refractivity contribution >= 4 is 23.4 Å². The summed E-state index contributed by atoms with van der Waals surface area (Å²) in [7, 11) is 1.64. The minimum Gasteiger partial charge on any atom is -0.497 e. The normalized spacial score (nSPS) is 10.7. The Kier molecular flexibility index (Phi) is 6.81. The highest BCUT2D eigenvalue weighted by atomic mass is 35.5. The Labute approximate surface area is 185 Å². The number of rotatable bonds is 6. The lowest BCUT2D eigenvalue weighted by atomic mass is 10.2. The molecular formula is C24H23ClF2N2O2. The summed E-state index contributed by atoms with van der Waals surface area (Å²) >= 11 is 0. The number of pyridine rings is 1. The summed E-state index contributed by atoms with van der Waals surface area (Å²) in [5, 5.41) is 0. The van der Waals surface area contributed by atoms with Crippen LogP contribution in [0.5, 0.6) is 11.5 Å². The van der Waals surface area contributed by atoms with Crippen molar-refractivity contribution in [2.45, 2.75) is 27.0 Å². The second kappa shape index (κ2) is 9.35. The molecule has 0 aliphatic rings. The molecule has 0 saturated heterocycles. The molecule has 162 valence electrons. The topological polar surface area (TPSA) is 36.3 Å². The Morgan fingerprint density at radius 3 is 2.26 bits per heavy atom. The predicted molar refractivity (Wildman–Crippen MR) is 119 cm³/mol. The van der Waals surface area contributed by atoms with E-state index in [1.807, 2.05) is 38.1 Å². The first-order valence-corrected chi connectivity index (χ1v) is 9.61. The number of hydrogen-bond donors (Lipinski definition) is 0. The molecule has 0 N–H and O–H groups in total. The molecule has 0 aliphatic carbocycles. The number of methoxy groups -OCH3 is 1. The van der Waals surface area contributed by atoms with Gasteiger partial charge in [-0.15, -0.1) is 12.4 Å². The smallest absolute Gasteiger partial charge is 0.147 e. The molecule has 0 saturated carbocycles. The fourth-order valence-electron chi connectivity index (χ4n) is 3.60. The highest BCUT2D eigenvalue weighted by Crippen LogP contribution is 2.32. The Balaban J connectivity index is 0.00000272. The van der Waals surface area contributed by atoms with Gasteiger partial charge in [0.15, 0.2) is 0 Å². The second-order valence-corrected chi connectivity index (χ2v) is 7.22. The Morgan fingerprint density at radius 1 is 0.935 bits per heavy atom. The van der Waals surface area contributed by atoms with E-state index in [0.717, 1.165) is 39.7 Å². The van der Waals surface area contributed by atoms with Gasteiger partial charge in [-0.1, -0.05) is 12.1 Å². The van der Waals surface area contributed by atoms with Crippen LogP contribution in [-0.4, -0.2) is 16.7 Å². The molecular weight excluding hydrogens is 422 g/mol. The van der Waals surface area contributed by atoms with Crippen LogP contribution in [-0.2, 0) is 13.2 Å². The number of halogens is 3. The summed E-state index contributed by atoms with van der Waals surface area (Å²) in [5.74, 6) is 0.178. The molecule has 0 fully saturated rings. The minimum atomic E-state index is -0.622. The number of fused-ring (bicyclic) bond motifs is 1. The number of benzene rings is 2. The first-order valence-electron chi connectivity index (χ1n) is 9.61. The third-order valence-corrected chi connectivity index (χ3v) is 5.28. The molecule has 0 atom stereocenters. The molecule has 0 amide bonds. The van der Waals surface area contributed by atoms with Crippen LogP contribution in [0.25, 0.3) is 11.0 Å². The molecule has 0 spiro atoms. The summed E-state index contributed by atoms with van der Waals surface area (Å²) in [6.45, 7) is 4.77. The van der Waals surface area contributed by atoms with Crippen LogP contribution in [0.3, 0.4) is 0 Å². The lowest BCUT2D eigenvalue weighted by molar-refractivity contribution is 0.307. The van der Waals surface area contributed by atoms with Crippen molar-refractivity contribution in [1.29, 1.82) is 0 Å². The van der Waals surface area contributed by atoms with Crippen molar-refractivity contribution in [2.24, 2.45) is 0 Å². The highest BCUT2D eigenvalue weighted by Gasteiger charge is 2.17. The first kappa shape index (κ1) is 22.6. The van der Waals surface area contributed by atoms with Gasteiger partial charge < -0.3 is 14.0 Å². The van der Waals surface area contributed by atoms with Gasteiger partial charge in [0.1, 0.15) is 35.3 Å². The quantitative estimate of drug-likeness (QED) is 0.366. The summed E-state index contributed by atoms with van der Waals surface area (Å²) < 4.78 is 40.4. The van der Waals surface area contributed by atoms with Crippen LogP contribution in [0.15, 0.2) is 54.7 Å². The average molecular weight is 445 g/mol. The van der Waals surface area contributed by atoms with Crippen molar-refractivity contribution in [3.63, 3.8) is 0 Å². The van der Waals surface area contributed by atoms with E-state index in [9.17, 15) is 8.78 Å². The maximum absolute atomic E-state index is 13.5. The fourth-order valence-corrected chi connectivity index (χ4v) is 3.60. The molecule has 0 unspecified atom stereocenters. The third-order valence-electron chi connectivity index (χ3n) is 5.28. The first-order chi connectivity index (χ1) is 14.5. The molecule has 7 heteroatoms. The summed E-state index contributed by atoms with van der Waals surface area (Å²) in [4.78, 5) is 4.53. The van der Waals surface area contributed by atoms with Gasteiger partial charge in [0.05, 0.1) is 12.6 Å². The Morgan fingerprint density at radius 2 is 1.61 bits per heavy atom. The molecule has 31 heavy (non-hydrogen) atoms. The zero-order valence-electron chi connectivity index (χ0n) is 17.5. The van der Waals surface area contributed by atoms with Crippen molar-refractivity contribution in [1.82, 2.24) is 9.55 Å². The van der Waals surface area contributed by atoms with Crippen molar-refractivity contribution in [3.8, 4) is 11.5 Å². The van der Waals surface area contributed by atoms with Crippen LogP contribution in [0.2, 0.25) is 0 Å². The number of aromatic nitrogens is 2. The Bertz CT molecular complexity index is 1190. The highest BCUT2D eigenvalue weighted by molar-refractivity contribution is 5.86. The minimum absolute atomic E-state index is 0. The second-order valence-electron chi connectivity index (χ2n) is 7.22. The van der Waals surface area contributed by atoms with E-state index in [1.54, 1.807) is 19.4 Å². The zero-order chi connectivity index (χ0) is 21.3. The van der Waals surface area contributed by atoms with Gasteiger partial charge in [0.25, 0.3) is 0 Å². The molecule has 2 aromatic heterocycles. The van der Waals surface area contributed by atoms with Crippen LogP contribution in [0, 0.1) is 25.5 Å². The van der Waals surface area contributed by atoms with Crippen LogP contribution >= 0.6 is 12.4 Å². The lowest BCUT2D eigenvalue weighted by Gasteiger charge is -2.13. The molecule has 4 rings (SSSR count). The van der Waals surface area contributed by atoms with Gasteiger partial charge in [-0.3, -0.25) is 4.98 Å². The molecule has 0 radical (unpaired) electrons. The van der Waals surface area contributed by atoms with Crippen LogP contribution in [0.4, 0.5) is 8.78 Å². The monoisotopic (exact) mass is 444 g/mol. The number of ether oxygens (including phenoxy) is 2. The van der Waals surface area contributed by atoms with E-state index in [-0.39, 0.29) is 19.0 Å². The molecule has 4 nitrogen and oxygen atoms in total. The van der Waals surface area contributed by atoms with Crippen molar-refractivity contribution < 1.29 is 18.3 Å². The molecule has 0 aliphatic heterocycles. The van der Waals surface area contributed by atoms with E-state index in [2.05, 4.69) is 9.55 Å². The van der Waals surface area contributed by atoms with Gasteiger partial charge in [0.2, 0.25) is 0 Å². The maximum atomic E-state index is 13.5. The van der Waals surface area contributed by atoms with E-state index < -0.39 is 11.6 Å². The standard InChI is InChI=1S/C24H22F2N2O2.ClH/c1-15-16(2)28(13-17-4-6-21(29-3)7-5-17)24-22(8-9-27-23(15)24)30-14-18-10-19(25)12-20(26)11-18;/h4-12H,13-14H2,1-3H3;1H. The average Bonchev–Trinajstić information content (AvgIpc) is 2.97. The number of aryl methyl sites for hydroxylation is 1. The predicted octanol–water partition coefficient (Wildman–Crippen LogP) is 5.99. The van der Waals surface area contributed by atoms with E-state index >= 15 is 0 Å².